The van der Waals surface area contributed by atoms with Crippen LogP contribution < -0.4 is 5.32 Å². The second-order valence-electron chi connectivity index (χ2n) is 6.94. The van der Waals surface area contributed by atoms with Gasteiger partial charge in [-0.2, -0.15) is 0 Å². The zero-order valence-electron chi connectivity index (χ0n) is 15.7. The minimum atomic E-state index is -0.216. The van der Waals surface area contributed by atoms with Crippen molar-refractivity contribution < 1.29 is 4.79 Å². The van der Waals surface area contributed by atoms with Crippen molar-refractivity contribution in [1.29, 1.82) is 0 Å². The Bertz CT molecular complexity index is 1340. The highest BCUT2D eigenvalue weighted by Gasteiger charge is 2.13. The van der Waals surface area contributed by atoms with Crippen molar-refractivity contribution in [2.24, 2.45) is 0 Å². The molecule has 1 aromatic heterocycles. The second kappa shape index (κ2) is 7.21. The zero-order valence-corrected chi connectivity index (χ0v) is 15.7. The summed E-state index contributed by atoms with van der Waals surface area (Å²) >= 11 is 0. The van der Waals surface area contributed by atoms with E-state index < -0.39 is 0 Å². The van der Waals surface area contributed by atoms with Gasteiger partial charge in [-0.3, -0.25) is 9.78 Å². The molecule has 5 rings (SSSR count). The molecule has 1 heterocycles. The minimum absolute atomic E-state index is 0.216. The topological polar surface area (TPSA) is 42.0 Å². The smallest absolute Gasteiger partial charge is 0.274 e. The van der Waals surface area contributed by atoms with Crippen molar-refractivity contribution >= 4 is 33.1 Å². The summed E-state index contributed by atoms with van der Waals surface area (Å²) in [5.41, 5.74) is 3.38. The van der Waals surface area contributed by atoms with Crippen LogP contribution in [0.3, 0.4) is 0 Å². The number of amides is 1. The van der Waals surface area contributed by atoms with Crippen molar-refractivity contribution in [1.82, 2.24) is 4.98 Å². The first kappa shape index (κ1) is 17.1. The lowest BCUT2D eigenvalue weighted by molar-refractivity contribution is 0.102. The van der Waals surface area contributed by atoms with E-state index >= 15 is 0 Å². The van der Waals surface area contributed by atoms with Crippen LogP contribution in [-0.4, -0.2) is 10.9 Å². The van der Waals surface area contributed by atoms with Gasteiger partial charge in [-0.1, -0.05) is 72.8 Å². The van der Waals surface area contributed by atoms with Crippen LogP contribution in [0.2, 0.25) is 0 Å². The predicted octanol–water partition coefficient (Wildman–Crippen LogP) is 6.31. The molecule has 0 unspecified atom stereocenters. The van der Waals surface area contributed by atoms with E-state index in [2.05, 4.69) is 64.9 Å². The Kier molecular flexibility index (Phi) is 4.26. The lowest BCUT2D eigenvalue weighted by Crippen LogP contribution is -2.13. The molecule has 3 heteroatoms. The molecule has 0 radical (unpaired) electrons. The fourth-order valence-corrected chi connectivity index (χ4v) is 3.73. The first-order valence-electron chi connectivity index (χ1n) is 9.53. The molecule has 1 N–H and O–H groups in total. The van der Waals surface area contributed by atoms with Gasteiger partial charge in [0.2, 0.25) is 0 Å². The van der Waals surface area contributed by atoms with Crippen LogP contribution in [-0.2, 0) is 0 Å². The number of anilines is 1. The van der Waals surface area contributed by atoms with Crippen molar-refractivity contribution in [2.75, 3.05) is 5.32 Å². The molecule has 0 aliphatic rings. The van der Waals surface area contributed by atoms with Gasteiger partial charge in [0, 0.05) is 17.3 Å². The number of rotatable bonds is 3. The maximum absolute atomic E-state index is 12.7. The molecule has 1 amide bonds. The van der Waals surface area contributed by atoms with Gasteiger partial charge >= 0.3 is 0 Å². The molecule has 4 aromatic carbocycles. The van der Waals surface area contributed by atoms with Crippen LogP contribution in [0, 0.1) is 0 Å². The maximum Gasteiger partial charge on any atom is 0.274 e. The Labute approximate surface area is 168 Å². The summed E-state index contributed by atoms with van der Waals surface area (Å²) in [7, 11) is 0. The Morgan fingerprint density at radius 2 is 1.45 bits per heavy atom. The summed E-state index contributed by atoms with van der Waals surface area (Å²) < 4.78 is 0. The lowest BCUT2D eigenvalue weighted by Gasteiger charge is -2.13. The summed E-state index contributed by atoms with van der Waals surface area (Å²) in [6.07, 6.45) is 1.62. The third-order valence-corrected chi connectivity index (χ3v) is 5.11. The van der Waals surface area contributed by atoms with E-state index in [0.717, 1.165) is 27.6 Å². The Hall–Kier alpha value is -3.98. The number of aromatic nitrogens is 1. The van der Waals surface area contributed by atoms with Gasteiger partial charge in [0.1, 0.15) is 5.69 Å². The first-order valence-corrected chi connectivity index (χ1v) is 9.53. The van der Waals surface area contributed by atoms with E-state index in [0.29, 0.717) is 5.69 Å². The summed E-state index contributed by atoms with van der Waals surface area (Å²) in [5.74, 6) is -0.216. The highest BCUT2D eigenvalue weighted by Crippen LogP contribution is 2.35. The molecule has 0 saturated heterocycles. The highest BCUT2D eigenvalue weighted by atomic mass is 16.1. The van der Waals surface area contributed by atoms with Crippen LogP contribution in [0.4, 0.5) is 5.69 Å². The minimum Gasteiger partial charge on any atom is -0.320 e. The van der Waals surface area contributed by atoms with Crippen LogP contribution >= 0.6 is 0 Å². The summed E-state index contributed by atoms with van der Waals surface area (Å²) in [6.45, 7) is 0. The van der Waals surface area contributed by atoms with E-state index in [4.69, 9.17) is 0 Å². The molecular weight excluding hydrogens is 356 g/mol. The third kappa shape index (κ3) is 3.23. The van der Waals surface area contributed by atoms with E-state index in [1.165, 1.54) is 10.8 Å². The molecule has 138 valence electrons. The number of carbonyl (C=O) groups excluding carboxylic acids is 1. The molecule has 5 aromatic rings. The average molecular weight is 374 g/mol. The molecule has 0 fully saturated rings. The quantitative estimate of drug-likeness (QED) is 0.402. The largest absolute Gasteiger partial charge is 0.320 e. The Morgan fingerprint density at radius 3 is 2.28 bits per heavy atom. The molecule has 3 nitrogen and oxygen atoms in total. The summed E-state index contributed by atoms with van der Waals surface area (Å²) in [6, 6.07) is 32.3. The van der Waals surface area contributed by atoms with Gasteiger partial charge in [0.25, 0.3) is 5.91 Å². The van der Waals surface area contributed by atoms with E-state index in [-0.39, 0.29) is 5.91 Å². The number of fused-ring (bicyclic) bond motifs is 2. The van der Waals surface area contributed by atoms with Gasteiger partial charge in [0.15, 0.2) is 0 Å². The van der Waals surface area contributed by atoms with Gasteiger partial charge in [0.05, 0.1) is 0 Å². The van der Waals surface area contributed by atoms with Gasteiger partial charge in [-0.25, -0.2) is 0 Å². The van der Waals surface area contributed by atoms with E-state index in [1.54, 1.807) is 18.3 Å². The standard InChI is InChI=1S/C26H18N2O/c29-26(24-12-3-4-16-27-24)28-23-13-6-10-19-9-5-11-22(25(19)23)21-15-14-18-7-1-2-8-20(18)17-21/h1-17H,(H,28,29). The van der Waals surface area contributed by atoms with Crippen LogP contribution in [0.25, 0.3) is 32.7 Å². The second-order valence-corrected chi connectivity index (χ2v) is 6.94. The van der Waals surface area contributed by atoms with Gasteiger partial charge in [-0.15, -0.1) is 0 Å². The molecule has 0 aliphatic heterocycles. The SMILES string of the molecule is O=C(Nc1cccc2cccc(-c3ccc4ccccc4c3)c12)c1ccccn1. The molecule has 29 heavy (non-hydrogen) atoms. The zero-order chi connectivity index (χ0) is 19.6. The van der Waals surface area contributed by atoms with Crippen molar-refractivity contribution in [2.45, 2.75) is 0 Å². The Morgan fingerprint density at radius 1 is 0.690 bits per heavy atom. The van der Waals surface area contributed by atoms with Gasteiger partial charge in [-0.05, 0) is 51.6 Å². The summed E-state index contributed by atoms with van der Waals surface area (Å²) in [5, 5.41) is 7.55. The number of hydrogen-bond acceptors (Lipinski definition) is 2. The fraction of sp³-hybridized carbons (Fsp3) is 0. The van der Waals surface area contributed by atoms with Crippen LogP contribution in [0.5, 0.6) is 0 Å². The number of nitrogens with zero attached hydrogens (tertiary/aromatic N) is 1. The number of pyridine rings is 1. The number of benzene rings is 4. The molecule has 0 spiro atoms. The van der Waals surface area contributed by atoms with Crippen molar-refractivity contribution in [3.8, 4) is 11.1 Å². The number of carbonyl (C=O) groups is 1. The monoisotopic (exact) mass is 374 g/mol. The predicted molar refractivity (Wildman–Crippen MR) is 119 cm³/mol. The summed E-state index contributed by atoms with van der Waals surface area (Å²) in [4.78, 5) is 16.9. The van der Waals surface area contributed by atoms with E-state index in [9.17, 15) is 4.79 Å². The van der Waals surface area contributed by atoms with Gasteiger partial charge < -0.3 is 5.32 Å². The van der Waals surface area contributed by atoms with Crippen LogP contribution in [0.1, 0.15) is 10.5 Å². The maximum atomic E-state index is 12.7. The van der Waals surface area contributed by atoms with Crippen molar-refractivity contribution in [3.63, 3.8) is 0 Å². The molecule has 0 atom stereocenters. The third-order valence-electron chi connectivity index (χ3n) is 5.11. The number of nitrogens with one attached hydrogen (secondary N) is 1. The lowest BCUT2D eigenvalue weighted by atomic mass is 9.95. The molecule has 0 aliphatic carbocycles. The highest BCUT2D eigenvalue weighted by molar-refractivity contribution is 6.12. The molecule has 0 bridgehead atoms. The van der Waals surface area contributed by atoms with E-state index in [1.807, 2.05) is 30.3 Å². The molecule has 0 saturated carbocycles. The molecular formula is C26H18N2O. The normalized spacial score (nSPS) is 10.9. The van der Waals surface area contributed by atoms with Crippen LogP contribution in [0.15, 0.2) is 103 Å². The van der Waals surface area contributed by atoms with Crippen molar-refractivity contribution in [3.05, 3.63) is 109 Å². The Balaban J connectivity index is 1.65. The fourth-order valence-electron chi connectivity index (χ4n) is 3.73. The first-order chi connectivity index (χ1) is 14.3. The average Bonchev–Trinajstić information content (AvgIpc) is 2.79. The number of hydrogen-bond donors (Lipinski definition) is 1.